The van der Waals surface area contributed by atoms with Crippen molar-refractivity contribution in [2.75, 3.05) is 0 Å². The molecule has 4 rings (SSSR count). The summed E-state index contributed by atoms with van der Waals surface area (Å²) in [6.45, 7) is 0. The third-order valence-corrected chi connectivity index (χ3v) is 6.60. The van der Waals surface area contributed by atoms with Crippen LogP contribution in [0.1, 0.15) is 34.2 Å². The van der Waals surface area contributed by atoms with Crippen molar-refractivity contribution in [3.8, 4) is 0 Å². The number of nitrogens with two attached hydrogens (primary N) is 1. The first-order chi connectivity index (χ1) is 18.2. The Morgan fingerprint density at radius 1 is 0.684 bits per heavy atom. The van der Waals surface area contributed by atoms with Gasteiger partial charge in [-0.3, -0.25) is 9.59 Å². The molecule has 0 saturated carbocycles. The molecular weight excluding hydrogens is 489 g/mol. The Balaban J connectivity index is 1.70. The fraction of sp³-hybridized carbons (Fsp3) is 0.161. The first-order valence-corrected chi connectivity index (χ1v) is 12.1. The van der Waals surface area contributed by atoms with Crippen LogP contribution in [0.25, 0.3) is 0 Å². The van der Waals surface area contributed by atoms with Crippen molar-refractivity contribution >= 4 is 11.8 Å². The topological polar surface area (TPSA) is 72.2 Å². The highest BCUT2D eigenvalue weighted by atomic mass is 19.4. The molecule has 0 heterocycles. The van der Waals surface area contributed by atoms with Crippen LogP contribution in [0.15, 0.2) is 115 Å². The van der Waals surface area contributed by atoms with Gasteiger partial charge >= 0.3 is 6.18 Å². The maximum atomic E-state index is 13.6. The smallest absolute Gasteiger partial charge is 0.368 e. The Hall–Kier alpha value is -4.39. The van der Waals surface area contributed by atoms with E-state index >= 15 is 0 Å². The SMILES string of the molecule is NC(=O)[C@H](Cc1cccc(C(F)(F)F)c1)NC(=O)CC(c1ccccc1)(c1ccccc1)c1ccccc1. The molecule has 0 radical (unpaired) electrons. The van der Waals surface area contributed by atoms with Crippen molar-refractivity contribution in [2.45, 2.75) is 30.5 Å². The Bertz CT molecular complexity index is 1280. The highest BCUT2D eigenvalue weighted by Crippen LogP contribution is 2.42. The molecular formula is C31H27F3N2O2. The molecule has 0 saturated heterocycles. The van der Waals surface area contributed by atoms with E-state index in [2.05, 4.69) is 5.32 Å². The molecule has 0 aliphatic heterocycles. The molecule has 0 fully saturated rings. The molecule has 3 N–H and O–H groups in total. The van der Waals surface area contributed by atoms with Crippen LogP contribution in [-0.4, -0.2) is 17.9 Å². The second kappa shape index (κ2) is 11.3. The van der Waals surface area contributed by atoms with E-state index in [4.69, 9.17) is 5.73 Å². The molecule has 0 unspecified atom stereocenters. The van der Waals surface area contributed by atoms with E-state index in [0.29, 0.717) is 0 Å². The summed E-state index contributed by atoms with van der Waals surface area (Å²) in [4.78, 5) is 25.9. The maximum Gasteiger partial charge on any atom is 0.416 e. The number of rotatable bonds is 9. The molecule has 4 aromatic rings. The van der Waals surface area contributed by atoms with Crippen molar-refractivity contribution in [3.63, 3.8) is 0 Å². The van der Waals surface area contributed by atoms with Crippen LogP contribution < -0.4 is 11.1 Å². The van der Waals surface area contributed by atoms with Gasteiger partial charge in [-0.25, -0.2) is 0 Å². The summed E-state index contributed by atoms with van der Waals surface area (Å²) in [5.74, 6) is -1.29. The minimum Gasteiger partial charge on any atom is -0.368 e. The van der Waals surface area contributed by atoms with Gasteiger partial charge in [-0.1, -0.05) is 109 Å². The third-order valence-electron chi connectivity index (χ3n) is 6.60. The van der Waals surface area contributed by atoms with Gasteiger partial charge < -0.3 is 11.1 Å². The summed E-state index contributed by atoms with van der Waals surface area (Å²) >= 11 is 0. The Morgan fingerprint density at radius 3 is 1.55 bits per heavy atom. The summed E-state index contributed by atoms with van der Waals surface area (Å²) in [5, 5.41) is 2.69. The van der Waals surface area contributed by atoms with Gasteiger partial charge in [0.25, 0.3) is 0 Å². The van der Waals surface area contributed by atoms with E-state index in [1.807, 2.05) is 91.0 Å². The van der Waals surface area contributed by atoms with Crippen LogP contribution >= 0.6 is 0 Å². The zero-order valence-corrected chi connectivity index (χ0v) is 20.5. The van der Waals surface area contributed by atoms with Gasteiger partial charge in [0.05, 0.1) is 11.0 Å². The molecule has 0 bridgehead atoms. The number of benzene rings is 4. The van der Waals surface area contributed by atoms with Gasteiger partial charge in [-0.05, 0) is 28.3 Å². The number of amides is 2. The number of carbonyl (C=O) groups excluding carboxylic acids is 2. The molecule has 0 aliphatic carbocycles. The third kappa shape index (κ3) is 5.94. The second-order valence-electron chi connectivity index (χ2n) is 9.10. The van der Waals surface area contributed by atoms with E-state index in [-0.39, 0.29) is 18.4 Å². The highest BCUT2D eigenvalue weighted by Gasteiger charge is 2.39. The average molecular weight is 517 g/mol. The lowest BCUT2D eigenvalue weighted by Crippen LogP contribution is -2.48. The lowest BCUT2D eigenvalue weighted by Gasteiger charge is -2.36. The van der Waals surface area contributed by atoms with Gasteiger partial charge in [0.1, 0.15) is 6.04 Å². The predicted octanol–water partition coefficient (Wildman–Crippen LogP) is 5.64. The fourth-order valence-corrected chi connectivity index (χ4v) is 4.79. The largest absolute Gasteiger partial charge is 0.416 e. The quantitative estimate of drug-likeness (QED) is 0.283. The highest BCUT2D eigenvalue weighted by molar-refractivity contribution is 5.88. The van der Waals surface area contributed by atoms with Crippen LogP contribution in [0, 0.1) is 0 Å². The average Bonchev–Trinajstić information content (AvgIpc) is 2.92. The molecule has 7 heteroatoms. The summed E-state index contributed by atoms with van der Waals surface area (Å²) in [6.07, 6.45) is -4.75. The monoisotopic (exact) mass is 516 g/mol. The van der Waals surface area contributed by atoms with E-state index in [1.54, 1.807) is 0 Å². The zero-order valence-electron chi connectivity index (χ0n) is 20.5. The minimum absolute atomic E-state index is 0.0581. The Morgan fingerprint density at radius 2 is 1.13 bits per heavy atom. The van der Waals surface area contributed by atoms with Gasteiger partial charge in [-0.2, -0.15) is 13.2 Å². The van der Waals surface area contributed by atoms with Crippen LogP contribution in [0.2, 0.25) is 0 Å². The van der Waals surface area contributed by atoms with Crippen molar-refractivity contribution < 1.29 is 22.8 Å². The molecule has 1 atom stereocenters. The molecule has 38 heavy (non-hydrogen) atoms. The van der Waals surface area contributed by atoms with Crippen LogP contribution in [-0.2, 0) is 27.6 Å². The van der Waals surface area contributed by atoms with Crippen LogP contribution in [0.3, 0.4) is 0 Å². The lowest BCUT2D eigenvalue weighted by atomic mass is 9.67. The summed E-state index contributed by atoms with van der Waals surface area (Å²) in [5.41, 5.74) is 6.72. The lowest BCUT2D eigenvalue weighted by molar-refractivity contribution is -0.137. The Kier molecular flexibility index (Phi) is 7.96. The van der Waals surface area contributed by atoms with Crippen LogP contribution in [0.5, 0.6) is 0 Å². The van der Waals surface area contributed by atoms with Crippen molar-refractivity contribution in [1.82, 2.24) is 5.32 Å². The molecule has 194 valence electrons. The standard InChI is InChI=1S/C31H27F3N2O2/c32-31(33,34)26-18-10-11-22(19-26)20-27(29(35)38)36-28(37)21-30(23-12-4-1-5-13-23,24-14-6-2-7-15-24)25-16-8-3-9-17-25/h1-19,27H,20-21H2,(H2,35,38)(H,36,37)/t27-/m0/s1. The van der Waals surface area contributed by atoms with Crippen LogP contribution in [0.4, 0.5) is 13.2 Å². The molecule has 0 spiro atoms. The molecule has 0 aromatic heterocycles. The second-order valence-corrected chi connectivity index (χ2v) is 9.10. The van der Waals surface area contributed by atoms with Gasteiger partial charge in [0, 0.05) is 12.8 Å². The van der Waals surface area contributed by atoms with E-state index in [1.165, 1.54) is 12.1 Å². The van der Waals surface area contributed by atoms with E-state index in [9.17, 15) is 22.8 Å². The number of nitrogens with one attached hydrogen (secondary N) is 1. The van der Waals surface area contributed by atoms with Crippen molar-refractivity contribution in [3.05, 3.63) is 143 Å². The van der Waals surface area contributed by atoms with Gasteiger partial charge in [0.2, 0.25) is 11.8 Å². The molecule has 4 nitrogen and oxygen atoms in total. The summed E-state index contributed by atoms with van der Waals surface area (Å²) < 4.78 is 39.5. The number of halogens is 3. The number of hydrogen-bond donors (Lipinski definition) is 2. The van der Waals surface area contributed by atoms with Gasteiger partial charge in [-0.15, -0.1) is 0 Å². The van der Waals surface area contributed by atoms with E-state index < -0.39 is 35.0 Å². The minimum atomic E-state index is -4.53. The van der Waals surface area contributed by atoms with Crippen molar-refractivity contribution in [2.24, 2.45) is 5.73 Å². The Labute approximate surface area is 219 Å². The maximum absolute atomic E-state index is 13.6. The number of hydrogen-bond acceptors (Lipinski definition) is 2. The predicted molar refractivity (Wildman–Crippen MR) is 140 cm³/mol. The number of alkyl halides is 3. The van der Waals surface area contributed by atoms with Crippen molar-refractivity contribution in [1.29, 1.82) is 0 Å². The van der Waals surface area contributed by atoms with Gasteiger partial charge in [0.15, 0.2) is 0 Å². The molecule has 4 aromatic carbocycles. The summed E-state index contributed by atoms with van der Waals surface area (Å²) in [6, 6.07) is 32.2. The summed E-state index contributed by atoms with van der Waals surface area (Å²) in [7, 11) is 0. The fourth-order valence-electron chi connectivity index (χ4n) is 4.79. The zero-order chi connectivity index (χ0) is 27.2. The van der Waals surface area contributed by atoms with E-state index in [0.717, 1.165) is 28.8 Å². The molecule has 2 amide bonds. The first kappa shape index (κ1) is 26.7. The number of carbonyl (C=O) groups is 2. The normalized spacial score (nSPS) is 12.5. The number of primary amides is 1. The first-order valence-electron chi connectivity index (χ1n) is 12.1. The molecule has 0 aliphatic rings.